The van der Waals surface area contributed by atoms with Gasteiger partial charge < -0.3 is 5.32 Å². The summed E-state index contributed by atoms with van der Waals surface area (Å²) in [7, 11) is 0. The maximum atomic E-state index is 13.1. The fraction of sp³-hybridized carbons (Fsp3) is 0.333. The van der Waals surface area contributed by atoms with Crippen molar-refractivity contribution in [2.45, 2.75) is 18.9 Å². The van der Waals surface area contributed by atoms with Gasteiger partial charge in [0.2, 0.25) is 0 Å². The zero-order valence-electron chi connectivity index (χ0n) is 10.1. The molecule has 6 nitrogen and oxygen atoms in total. The Morgan fingerprint density at radius 3 is 2.55 bits per heavy atom. The molecule has 0 aromatic heterocycles. The van der Waals surface area contributed by atoms with Crippen LogP contribution in [-0.2, 0) is 0 Å². The van der Waals surface area contributed by atoms with Crippen molar-refractivity contribution in [3.63, 3.8) is 0 Å². The zero-order chi connectivity index (χ0) is 14.9. The van der Waals surface area contributed by atoms with Crippen LogP contribution in [-0.4, -0.2) is 16.9 Å². The number of nitro groups is 1. The molecule has 0 radical (unpaired) electrons. The number of nitro benzene ring substituents is 1. The van der Waals surface area contributed by atoms with Crippen LogP contribution in [0.5, 0.6) is 0 Å². The van der Waals surface area contributed by atoms with E-state index in [0.717, 1.165) is 12.8 Å². The molecule has 1 aliphatic carbocycles. The highest BCUT2D eigenvalue weighted by molar-refractivity contribution is 5.98. The number of benzene rings is 1. The minimum atomic E-state index is -1.41. The van der Waals surface area contributed by atoms with E-state index in [1.165, 1.54) is 0 Å². The molecule has 0 aliphatic heterocycles. The van der Waals surface area contributed by atoms with Crippen LogP contribution in [0.2, 0.25) is 0 Å². The second kappa shape index (κ2) is 5.21. The van der Waals surface area contributed by atoms with Gasteiger partial charge in [-0.2, -0.15) is 5.26 Å². The van der Waals surface area contributed by atoms with E-state index >= 15 is 0 Å². The molecule has 1 fully saturated rings. The third-order valence-electron chi connectivity index (χ3n) is 3.00. The predicted octanol–water partition coefficient (Wildman–Crippen LogP) is 1.90. The Morgan fingerprint density at radius 2 is 2.05 bits per heavy atom. The largest absolute Gasteiger partial charge is 0.336 e. The summed E-state index contributed by atoms with van der Waals surface area (Å²) in [6.45, 7) is 0. The quantitative estimate of drug-likeness (QED) is 0.673. The molecule has 1 aliphatic rings. The molecule has 0 heterocycles. The Kier molecular flexibility index (Phi) is 3.61. The fourth-order valence-corrected chi connectivity index (χ4v) is 1.77. The van der Waals surface area contributed by atoms with E-state index in [1.807, 2.05) is 6.07 Å². The lowest BCUT2D eigenvalue weighted by molar-refractivity contribution is -0.385. The number of hydrogen-bond acceptors (Lipinski definition) is 4. The molecule has 20 heavy (non-hydrogen) atoms. The highest BCUT2D eigenvalue weighted by Gasteiger charge is 2.34. The van der Waals surface area contributed by atoms with Crippen molar-refractivity contribution in [1.82, 2.24) is 5.32 Å². The average Bonchev–Trinajstić information content (AvgIpc) is 3.22. The van der Waals surface area contributed by atoms with Gasteiger partial charge in [-0.3, -0.25) is 14.9 Å². The number of amides is 1. The molecule has 2 rings (SSSR count). The maximum absolute atomic E-state index is 13.1. The third-order valence-corrected chi connectivity index (χ3v) is 3.00. The monoisotopic (exact) mass is 281 g/mol. The van der Waals surface area contributed by atoms with Crippen LogP contribution < -0.4 is 5.32 Å². The molecule has 1 atom stereocenters. The SMILES string of the molecule is N#CC(NC(=O)c1cc(F)c(F)cc1[N+](=O)[O-])C1CC1. The van der Waals surface area contributed by atoms with Crippen LogP contribution in [0.15, 0.2) is 12.1 Å². The molecular formula is C12H9F2N3O3. The summed E-state index contributed by atoms with van der Waals surface area (Å²) in [5, 5.41) is 21.9. The highest BCUT2D eigenvalue weighted by Crippen LogP contribution is 2.32. The summed E-state index contributed by atoms with van der Waals surface area (Å²) in [6.07, 6.45) is 1.55. The van der Waals surface area contributed by atoms with E-state index in [1.54, 1.807) is 0 Å². The Bertz CT molecular complexity index is 623. The molecule has 1 aromatic carbocycles. The fourth-order valence-electron chi connectivity index (χ4n) is 1.77. The summed E-state index contributed by atoms with van der Waals surface area (Å²) in [5.41, 5.74) is -1.44. The van der Waals surface area contributed by atoms with E-state index in [4.69, 9.17) is 5.26 Å². The number of nitrogens with one attached hydrogen (secondary N) is 1. The topological polar surface area (TPSA) is 96.0 Å². The van der Waals surface area contributed by atoms with E-state index in [2.05, 4.69) is 5.32 Å². The summed E-state index contributed by atoms with van der Waals surface area (Å²) < 4.78 is 26.1. The van der Waals surface area contributed by atoms with Gasteiger partial charge in [0.05, 0.1) is 17.1 Å². The van der Waals surface area contributed by atoms with Crippen molar-refractivity contribution < 1.29 is 18.5 Å². The van der Waals surface area contributed by atoms with Crippen molar-refractivity contribution >= 4 is 11.6 Å². The zero-order valence-corrected chi connectivity index (χ0v) is 10.1. The second-order valence-electron chi connectivity index (χ2n) is 4.46. The van der Waals surface area contributed by atoms with Gasteiger partial charge >= 0.3 is 0 Å². The number of hydrogen-bond donors (Lipinski definition) is 1. The summed E-state index contributed by atoms with van der Waals surface area (Å²) in [6, 6.07) is 1.90. The Hall–Kier alpha value is -2.56. The number of nitrogens with zero attached hydrogens (tertiary/aromatic N) is 2. The average molecular weight is 281 g/mol. The van der Waals surface area contributed by atoms with Crippen molar-refractivity contribution in [2.24, 2.45) is 5.92 Å². The molecule has 8 heteroatoms. The molecule has 104 valence electrons. The van der Waals surface area contributed by atoms with Crippen molar-refractivity contribution in [3.8, 4) is 6.07 Å². The van der Waals surface area contributed by atoms with Gasteiger partial charge in [-0.1, -0.05) is 0 Å². The number of rotatable bonds is 4. The maximum Gasteiger partial charge on any atom is 0.285 e. The predicted molar refractivity (Wildman–Crippen MR) is 62.6 cm³/mol. The van der Waals surface area contributed by atoms with E-state index < -0.39 is 39.8 Å². The van der Waals surface area contributed by atoms with Gasteiger partial charge in [0.15, 0.2) is 11.6 Å². The number of carbonyl (C=O) groups excluding carboxylic acids is 1. The Morgan fingerprint density at radius 1 is 1.45 bits per heavy atom. The smallest absolute Gasteiger partial charge is 0.285 e. The Balaban J connectivity index is 2.31. The molecular weight excluding hydrogens is 272 g/mol. The number of carbonyl (C=O) groups is 1. The lowest BCUT2D eigenvalue weighted by atomic mass is 10.1. The molecule has 1 amide bonds. The van der Waals surface area contributed by atoms with Gasteiger partial charge in [0.25, 0.3) is 11.6 Å². The first-order chi connectivity index (χ1) is 9.43. The van der Waals surface area contributed by atoms with Gasteiger partial charge in [-0.05, 0) is 24.8 Å². The third kappa shape index (κ3) is 2.71. The van der Waals surface area contributed by atoms with E-state index in [-0.39, 0.29) is 5.92 Å². The molecule has 1 saturated carbocycles. The summed E-state index contributed by atoms with van der Waals surface area (Å²) in [5.74, 6) is -3.73. The first-order valence-corrected chi connectivity index (χ1v) is 5.78. The van der Waals surface area contributed by atoms with Crippen molar-refractivity contribution in [2.75, 3.05) is 0 Å². The van der Waals surface area contributed by atoms with E-state index in [9.17, 15) is 23.7 Å². The van der Waals surface area contributed by atoms with Crippen LogP contribution >= 0.6 is 0 Å². The lowest BCUT2D eigenvalue weighted by Crippen LogP contribution is -2.35. The number of nitriles is 1. The highest BCUT2D eigenvalue weighted by atomic mass is 19.2. The van der Waals surface area contributed by atoms with Crippen molar-refractivity contribution in [1.29, 1.82) is 5.26 Å². The van der Waals surface area contributed by atoms with Crippen LogP contribution in [0.25, 0.3) is 0 Å². The summed E-state index contributed by atoms with van der Waals surface area (Å²) in [4.78, 5) is 21.7. The van der Waals surface area contributed by atoms with Crippen LogP contribution in [0.1, 0.15) is 23.2 Å². The van der Waals surface area contributed by atoms with Gasteiger partial charge in [-0.25, -0.2) is 8.78 Å². The molecule has 0 spiro atoms. The van der Waals surface area contributed by atoms with Gasteiger partial charge in [0, 0.05) is 0 Å². The normalized spacial score (nSPS) is 15.2. The molecule has 0 saturated heterocycles. The Labute approximate surface area is 112 Å². The first-order valence-electron chi connectivity index (χ1n) is 5.78. The second-order valence-corrected chi connectivity index (χ2v) is 4.46. The van der Waals surface area contributed by atoms with Crippen molar-refractivity contribution in [3.05, 3.63) is 39.4 Å². The van der Waals surface area contributed by atoms with Gasteiger partial charge in [-0.15, -0.1) is 0 Å². The number of halogens is 2. The van der Waals surface area contributed by atoms with Gasteiger partial charge in [0.1, 0.15) is 11.6 Å². The molecule has 0 bridgehead atoms. The lowest BCUT2D eigenvalue weighted by Gasteiger charge is -2.10. The summed E-state index contributed by atoms with van der Waals surface area (Å²) >= 11 is 0. The first kappa shape index (κ1) is 13.9. The van der Waals surface area contributed by atoms with Crippen LogP contribution in [0.4, 0.5) is 14.5 Å². The minimum absolute atomic E-state index is 0.00769. The minimum Gasteiger partial charge on any atom is -0.336 e. The standard InChI is InChI=1S/C12H9F2N3O3/c13-8-3-7(11(17(19)20)4-9(8)14)12(18)16-10(5-15)6-1-2-6/h3-4,6,10H,1-2H2,(H,16,18). The van der Waals surface area contributed by atoms with Crippen LogP contribution in [0, 0.1) is 39.0 Å². The molecule has 1 unspecified atom stereocenters. The molecule has 1 aromatic rings. The van der Waals surface area contributed by atoms with E-state index in [0.29, 0.717) is 12.1 Å². The van der Waals surface area contributed by atoms with Crippen LogP contribution in [0.3, 0.4) is 0 Å². The molecule has 1 N–H and O–H groups in total.